The van der Waals surface area contributed by atoms with Gasteiger partial charge in [-0.1, -0.05) is 17.7 Å². The third-order valence-electron chi connectivity index (χ3n) is 5.65. The molecular weight excluding hydrogens is 504 g/mol. The fourth-order valence-corrected chi connectivity index (χ4v) is 5.48. The van der Waals surface area contributed by atoms with Crippen molar-refractivity contribution in [2.75, 3.05) is 20.3 Å². The minimum absolute atomic E-state index is 0.0786. The van der Waals surface area contributed by atoms with Gasteiger partial charge in [-0.15, -0.1) is 11.3 Å². The Kier molecular flexibility index (Phi) is 7.67. The standard InChI is InChI=1S/C25H29ClN4O5S/c1-25(2,3)35-24(32)30(4)13-19-20(14-7-9-33-10-8-14)36-22(29-19)18-12-28-21(34-23(27)31)17-11-15(26)5-6-16(17)18/h5-6,11-12,14H,7-10,13H2,1-4H3,(H2,27,31). The molecule has 0 bridgehead atoms. The van der Waals surface area contributed by atoms with Crippen molar-refractivity contribution in [3.05, 3.63) is 40.0 Å². The van der Waals surface area contributed by atoms with Crippen LogP contribution in [0.3, 0.4) is 0 Å². The van der Waals surface area contributed by atoms with E-state index >= 15 is 0 Å². The number of fused-ring (bicyclic) bond motifs is 1. The van der Waals surface area contributed by atoms with Crippen molar-refractivity contribution in [2.45, 2.75) is 51.7 Å². The lowest BCUT2D eigenvalue weighted by Gasteiger charge is -2.25. The van der Waals surface area contributed by atoms with Gasteiger partial charge in [0.15, 0.2) is 0 Å². The summed E-state index contributed by atoms with van der Waals surface area (Å²) < 4.78 is 16.2. The summed E-state index contributed by atoms with van der Waals surface area (Å²) in [5, 5.41) is 2.53. The van der Waals surface area contributed by atoms with Crippen LogP contribution in [-0.4, -0.2) is 52.9 Å². The highest BCUT2D eigenvalue weighted by Crippen LogP contribution is 2.41. The van der Waals surface area contributed by atoms with Gasteiger partial charge in [0.1, 0.15) is 10.6 Å². The third kappa shape index (κ3) is 6.05. The molecule has 0 spiro atoms. The molecule has 3 aromatic rings. The Morgan fingerprint density at radius 2 is 1.97 bits per heavy atom. The second-order valence-electron chi connectivity index (χ2n) is 9.64. The van der Waals surface area contributed by atoms with E-state index in [1.807, 2.05) is 26.8 Å². The lowest BCUT2D eigenvalue weighted by Crippen LogP contribution is -2.34. The van der Waals surface area contributed by atoms with E-state index in [0.29, 0.717) is 30.2 Å². The Morgan fingerprint density at radius 3 is 2.64 bits per heavy atom. The van der Waals surface area contributed by atoms with Crippen molar-refractivity contribution in [1.82, 2.24) is 14.9 Å². The van der Waals surface area contributed by atoms with Crippen LogP contribution in [-0.2, 0) is 16.0 Å². The lowest BCUT2D eigenvalue weighted by atomic mass is 9.97. The zero-order valence-corrected chi connectivity index (χ0v) is 22.2. The summed E-state index contributed by atoms with van der Waals surface area (Å²) >= 11 is 7.79. The highest BCUT2D eigenvalue weighted by molar-refractivity contribution is 7.15. The molecule has 0 radical (unpaired) electrons. The number of hydrogen-bond acceptors (Lipinski definition) is 8. The largest absolute Gasteiger partial charge is 0.444 e. The van der Waals surface area contributed by atoms with E-state index in [9.17, 15) is 9.59 Å². The summed E-state index contributed by atoms with van der Waals surface area (Å²) in [5.74, 6) is 0.355. The summed E-state index contributed by atoms with van der Waals surface area (Å²) in [5.41, 5.74) is 6.21. The van der Waals surface area contributed by atoms with Crippen molar-refractivity contribution < 1.29 is 23.8 Å². The van der Waals surface area contributed by atoms with Crippen LogP contribution in [0.2, 0.25) is 5.02 Å². The molecule has 1 aromatic carbocycles. The van der Waals surface area contributed by atoms with Gasteiger partial charge in [0, 0.05) is 47.3 Å². The van der Waals surface area contributed by atoms with Crippen LogP contribution < -0.4 is 10.5 Å². The molecule has 2 aromatic heterocycles. The number of carbonyl (C=O) groups is 2. The molecule has 1 saturated heterocycles. The highest BCUT2D eigenvalue weighted by Gasteiger charge is 2.27. The molecule has 0 unspecified atom stereocenters. The number of amides is 2. The van der Waals surface area contributed by atoms with Crippen LogP contribution in [0, 0.1) is 0 Å². The minimum atomic E-state index is -0.958. The van der Waals surface area contributed by atoms with Gasteiger partial charge >= 0.3 is 12.2 Å². The van der Waals surface area contributed by atoms with Gasteiger partial charge in [-0.25, -0.2) is 19.6 Å². The predicted molar refractivity (Wildman–Crippen MR) is 139 cm³/mol. The summed E-state index contributed by atoms with van der Waals surface area (Å²) in [4.78, 5) is 36.0. The van der Waals surface area contributed by atoms with Gasteiger partial charge in [0.25, 0.3) is 0 Å². The van der Waals surface area contributed by atoms with Crippen LogP contribution in [0.5, 0.6) is 5.88 Å². The first-order valence-corrected chi connectivity index (χ1v) is 12.8. The Bertz CT molecular complexity index is 1280. The number of benzene rings is 1. The topological polar surface area (TPSA) is 117 Å². The first-order chi connectivity index (χ1) is 17.0. The summed E-state index contributed by atoms with van der Waals surface area (Å²) in [6, 6.07) is 5.27. The number of primary amides is 1. The Labute approximate surface area is 218 Å². The Hall–Kier alpha value is -2.95. The second-order valence-corrected chi connectivity index (χ2v) is 11.1. The fraction of sp³-hybridized carbons (Fsp3) is 0.440. The Morgan fingerprint density at radius 1 is 1.25 bits per heavy atom. The number of aromatic nitrogens is 2. The van der Waals surface area contributed by atoms with Crippen molar-refractivity contribution in [3.8, 4) is 16.5 Å². The normalized spacial score (nSPS) is 14.6. The van der Waals surface area contributed by atoms with Crippen LogP contribution in [0.25, 0.3) is 21.3 Å². The average molecular weight is 533 g/mol. The molecule has 1 aliphatic rings. The van der Waals surface area contributed by atoms with E-state index < -0.39 is 17.8 Å². The first kappa shape index (κ1) is 26.1. The molecule has 0 saturated carbocycles. The molecular formula is C25H29ClN4O5S. The summed E-state index contributed by atoms with van der Waals surface area (Å²) in [7, 11) is 1.70. The SMILES string of the molecule is CN(Cc1nc(-c2cnc(OC(N)=O)c3cc(Cl)ccc23)sc1C1CCOCC1)C(=O)OC(C)(C)C. The van der Waals surface area contributed by atoms with E-state index in [1.54, 1.807) is 36.7 Å². The number of nitrogens with two attached hydrogens (primary N) is 1. The van der Waals surface area contributed by atoms with E-state index in [1.165, 1.54) is 4.90 Å². The third-order valence-corrected chi connectivity index (χ3v) is 7.18. The molecule has 192 valence electrons. The number of rotatable bonds is 5. The molecule has 2 N–H and O–H groups in total. The number of hydrogen-bond donors (Lipinski definition) is 1. The molecule has 4 rings (SSSR count). The van der Waals surface area contributed by atoms with Crippen molar-refractivity contribution in [2.24, 2.45) is 5.73 Å². The molecule has 3 heterocycles. The van der Waals surface area contributed by atoms with E-state index in [2.05, 4.69) is 4.98 Å². The van der Waals surface area contributed by atoms with Gasteiger partial charge in [0.2, 0.25) is 5.88 Å². The average Bonchev–Trinajstić information content (AvgIpc) is 3.22. The number of ether oxygens (including phenoxy) is 3. The van der Waals surface area contributed by atoms with Crippen LogP contribution in [0.1, 0.15) is 50.1 Å². The fourth-order valence-electron chi connectivity index (χ4n) is 4.04. The number of thiazole rings is 1. The molecule has 9 nitrogen and oxygen atoms in total. The molecule has 1 aliphatic heterocycles. The second kappa shape index (κ2) is 10.6. The molecule has 36 heavy (non-hydrogen) atoms. The summed E-state index contributed by atoms with van der Waals surface area (Å²) in [6.07, 6.45) is 2.00. The van der Waals surface area contributed by atoms with Crippen LogP contribution in [0.4, 0.5) is 9.59 Å². The van der Waals surface area contributed by atoms with Gasteiger partial charge in [-0.05, 0) is 57.0 Å². The quantitative estimate of drug-likeness (QED) is 0.446. The van der Waals surface area contributed by atoms with Gasteiger partial charge in [-0.2, -0.15) is 0 Å². The van der Waals surface area contributed by atoms with Crippen LogP contribution >= 0.6 is 22.9 Å². The lowest BCUT2D eigenvalue weighted by molar-refractivity contribution is 0.0282. The minimum Gasteiger partial charge on any atom is -0.444 e. The number of halogens is 1. The molecule has 11 heteroatoms. The maximum absolute atomic E-state index is 12.6. The maximum Gasteiger partial charge on any atom is 0.411 e. The zero-order chi connectivity index (χ0) is 26.0. The monoisotopic (exact) mass is 532 g/mol. The smallest absolute Gasteiger partial charge is 0.411 e. The van der Waals surface area contributed by atoms with Gasteiger partial charge in [-0.3, -0.25) is 0 Å². The molecule has 0 atom stereocenters. The van der Waals surface area contributed by atoms with E-state index in [4.69, 9.17) is 36.5 Å². The van der Waals surface area contributed by atoms with Gasteiger partial charge in [0.05, 0.1) is 12.2 Å². The highest BCUT2D eigenvalue weighted by atomic mass is 35.5. The van der Waals surface area contributed by atoms with E-state index in [-0.39, 0.29) is 11.8 Å². The molecule has 0 aliphatic carbocycles. The maximum atomic E-state index is 12.6. The first-order valence-electron chi connectivity index (χ1n) is 11.6. The number of carbonyl (C=O) groups excluding carboxylic acids is 2. The van der Waals surface area contributed by atoms with Crippen molar-refractivity contribution in [1.29, 1.82) is 0 Å². The van der Waals surface area contributed by atoms with E-state index in [0.717, 1.165) is 39.4 Å². The summed E-state index contributed by atoms with van der Waals surface area (Å²) in [6.45, 7) is 7.18. The molecule has 1 fully saturated rings. The van der Waals surface area contributed by atoms with Crippen LogP contribution in [0.15, 0.2) is 24.4 Å². The van der Waals surface area contributed by atoms with Crippen molar-refractivity contribution in [3.63, 3.8) is 0 Å². The van der Waals surface area contributed by atoms with Gasteiger partial charge < -0.3 is 24.8 Å². The van der Waals surface area contributed by atoms with Crippen molar-refractivity contribution >= 4 is 45.9 Å². The number of pyridine rings is 1. The molecule has 2 amide bonds. The predicted octanol–water partition coefficient (Wildman–Crippen LogP) is 5.73. The number of nitrogens with zero attached hydrogens (tertiary/aromatic N) is 3. The zero-order valence-electron chi connectivity index (χ0n) is 20.7. The Balaban J connectivity index is 1.76.